The maximum atomic E-state index is 12.7. The molecule has 7 heteroatoms. The lowest BCUT2D eigenvalue weighted by Gasteiger charge is -2.29. The number of amides is 1. The molecule has 1 saturated carbocycles. The van der Waals surface area contributed by atoms with Crippen LogP contribution in [0.3, 0.4) is 0 Å². The number of hydrogen-bond donors (Lipinski definition) is 2. The quantitative estimate of drug-likeness (QED) is 0.666. The van der Waals surface area contributed by atoms with Crippen LogP contribution in [-0.2, 0) is 4.79 Å². The highest BCUT2D eigenvalue weighted by Gasteiger charge is 2.27. The summed E-state index contributed by atoms with van der Waals surface area (Å²) in [7, 11) is 3.97. The molecule has 1 aliphatic rings. The molecule has 1 aromatic heterocycles. The van der Waals surface area contributed by atoms with Gasteiger partial charge in [-0.3, -0.25) is 4.79 Å². The van der Waals surface area contributed by atoms with Crippen LogP contribution in [0.15, 0.2) is 34.9 Å². The summed E-state index contributed by atoms with van der Waals surface area (Å²) in [6.07, 6.45) is 5.50. The van der Waals surface area contributed by atoms with E-state index >= 15 is 0 Å². The number of hydrogen-bond acceptors (Lipinski definition) is 5. The second kappa shape index (κ2) is 9.57. The van der Waals surface area contributed by atoms with E-state index in [0.717, 1.165) is 47.1 Å². The van der Waals surface area contributed by atoms with Gasteiger partial charge < -0.3 is 15.5 Å². The van der Waals surface area contributed by atoms with Gasteiger partial charge in [0.2, 0.25) is 11.9 Å². The van der Waals surface area contributed by atoms with Gasteiger partial charge in [0.05, 0.1) is 6.04 Å². The van der Waals surface area contributed by atoms with Crippen LogP contribution < -0.4 is 15.5 Å². The Hall–Kier alpha value is -2.15. The Morgan fingerprint density at radius 3 is 2.45 bits per heavy atom. The number of nitrogens with zero attached hydrogens (tertiary/aromatic N) is 3. The topological polar surface area (TPSA) is 70.1 Å². The lowest BCUT2D eigenvalue weighted by molar-refractivity contribution is -0.126. The number of nitrogens with one attached hydrogen (secondary N) is 2. The summed E-state index contributed by atoms with van der Waals surface area (Å²) in [6.45, 7) is 4.05. The molecular weight excluding hydrogens is 430 g/mol. The fourth-order valence-corrected chi connectivity index (χ4v) is 4.07. The third-order valence-corrected chi connectivity index (χ3v) is 6.06. The Kier molecular flexibility index (Phi) is 7.11. The van der Waals surface area contributed by atoms with Crippen molar-refractivity contribution >= 4 is 33.6 Å². The molecular formula is C22H30BrN5O. The first kappa shape index (κ1) is 21.6. The summed E-state index contributed by atoms with van der Waals surface area (Å²) in [5.74, 6) is 1.82. The van der Waals surface area contributed by atoms with E-state index < -0.39 is 0 Å². The molecule has 2 N–H and O–H groups in total. The minimum atomic E-state index is 0.0110. The summed E-state index contributed by atoms with van der Waals surface area (Å²) in [5.41, 5.74) is 2.17. The van der Waals surface area contributed by atoms with Crippen molar-refractivity contribution in [2.45, 2.75) is 51.6 Å². The van der Waals surface area contributed by atoms with Crippen molar-refractivity contribution < 1.29 is 4.79 Å². The van der Waals surface area contributed by atoms with Crippen molar-refractivity contribution in [2.75, 3.05) is 24.3 Å². The molecule has 1 atom stereocenters. The summed E-state index contributed by atoms with van der Waals surface area (Å²) >= 11 is 3.45. The van der Waals surface area contributed by atoms with Crippen LogP contribution in [0, 0.1) is 12.8 Å². The summed E-state index contributed by atoms with van der Waals surface area (Å²) in [5, 5.41) is 6.62. The van der Waals surface area contributed by atoms with Gasteiger partial charge in [-0.25, -0.2) is 4.98 Å². The molecule has 0 bridgehead atoms. The number of benzene rings is 1. The van der Waals surface area contributed by atoms with Gasteiger partial charge in [-0.15, -0.1) is 0 Å². The van der Waals surface area contributed by atoms with Gasteiger partial charge in [-0.1, -0.05) is 28.1 Å². The van der Waals surface area contributed by atoms with Gasteiger partial charge >= 0.3 is 0 Å². The first-order chi connectivity index (χ1) is 13.8. The Bertz CT molecular complexity index is 832. The Morgan fingerprint density at radius 2 is 1.83 bits per heavy atom. The maximum Gasteiger partial charge on any atom is 0.224 e. The van der Waals surface area contributed by atoms with Crippen LogP contribution in [0.25, 0.3) is 0 Å². The number of aromatic nitrogens is 2. The second-order valence-corrected chi connectivity index (χ2v) is 8.99. The highest BCUT2D eigenvalue weighted by Crippen LogP contribution is 2.27. The number of carbonyl (C=O) groups is 1. The number of rotatable bonds is 6. The average Bonchev–Trinajstić information content (AvgIpc) is 2.70. The Balaban J connectivity index is 1.50. The highest BCUT2D eigenvalue weighted by molar-refractivity contribution is 9.10. The van der Waals surface area contributed by atoms with Crippen LogP contribution in [0.2, 0.25) is 0 Å². The van der Waals surface area contributed by atoms with Gasteiger partial charge in [-0.2, -0.15) is 4.98 Å². The highest BCUT2D eigenvalue weighted by atomic mass is 79.9. The van der Waals surface area contributed by atoms with E-state index in [4.69, 9.17) is 0 Å². The van der Waals surface area contributed by atoms with Crippen molar-refractivity contribution in [1.82, 2.24) is 15.3 Å². The number of halogens is 1. The van der Waals surface area contributed by atoms with Gasteiger partial charge in [0.25, 0.3) is 0 Å². The molecule has 156 valence electrons. The van der Waals surface area contributed by atoms with Crippen LogP contribution in [0.1, 0.15) is 49.8 Å². The summed E-state index contributed by atoms with van der Waals surface area (Å²) < 4.78 is 1.04. The maximum absolute atomic E-state index is 12.7. The molecule has 1 heterocycles. The smallest absolute Gasteiger partial charge is 0.224 e. The molecule has 1 amide bonds. The lowest BCUT2D eigenvalue weighted by atomic mass is 9.85. The van der Waals surface area contributed by atoms with E-state index in [1.54, 1.807) is 0 Å². The van der Waals surface area contributed by atoms with Crippen LogP contribution in [0.4, 0.5) is 11.8 Å². The summed E-state index contributed by atoms with van der Waals surface area (Å²) in [6, 6.07) is 8.41. The van der Waals surface area contributed by atoms with Crippen molar-refractivity contribution in [3.63, 3.8) is 0 Å². The molecule has 1 aromatic carbocycles. The third-order valence-electron chi connectivity index (χ3n) is 5.53. The third kappa shape index (κ3) is 5.69. The largest absolute Gasteiger partial charge is 0.362 e. The zero-order valence-electron chi connectivity index (χ0n) is 17.6. The zero-order valence-corrected chi connectivity index (χ0v) is 19.2. The van der Waals surface area contributed by atoms with Crippen molar-refractivity contribution in [1.29, 1.82) is 0 Å². The first-order valence-corrected chi connectivity index (χ1v) is 11.0. The van der Waals surface area contributed by atoms with Crippen molar-refractivity contribution in [2.24, 2.45) is 5.92 Å². The second-order valence-electron chi connectivity index (χ2n) is 8.07. The predicted molar refractivity (Wildman–Crippen MR) is 121 cm³/mol. The zero-order chi connectivity index (χ0) is 21.0. The Morgan fingerprint density at radius 1 is 1.17 bits per heavy atom. The first-order valence-electron chi connectivity index (χ1n) is 10.2. The molecule has 29 heavy (non-hydrogen) atoms. The molecule has 0 spiro atoms. The molecule has 6 nitrogen and oxygen atoms in total. The van der Waals surface area contributed by atoms with E-state index in [1.807, 2.05) is 63.3 Å². The van der Waals surface area contributed by atoms with Crippen LogP contribution >= 0.6 is 15.9 Å². The summed E-state index contributed by atoms with van der Waals surface area (Å²) in [4.78, 5) is 23.7. The van der Waals surface area contributed by atoms with Gasteiger partial charge in [0.1, 0.15) is 5.82 Å². The van der Waals surface area contributed by atoms with E-state index in [9.17, 15) is 4.79 Å². The molecule has 2 aromatic rings. The minimum Gasteiger partial charge on any atom is -0.362 e. The molecule has 0 aliphatic heterocycles. The van der Waals surface area contributed by atoms with E-state index in [-0.39, 0.29) is 17.9 Å². The van der Waals surface area contributed by atoms with Crippen molar-refractivity contribution in [3.05, 3.63) is 46.1 Å². The monoisotopic (exact) mass is 459 g/mol. The van der Waals surface area contributed by atoms with Gasteiger partial charge in [0.15, 0.2) is 0 Å². The molecule has 0 radical (unpaired) electrons. The van der Waals surface area contributed by atoms with Gasteiger partial charge in [0, 0.05) is 42.3 Å². The van der Waals surface area contributed by atoms with E-state index in [2.05, 4.69) is 36.5 Å². The van der Waals surface area contributed by atoms with E-state index in [1.165, 1.54) is 0 Å². The normalized spacial score (nSPS) is 20.0. The SMILES string of the molecule is Cc1cnc(NC2CCC(C(=O)NC(C)c3ccc(Br)cc3)CC2)nc1N(C)C. The minimum absolute atomic E-state index is 0.0110. The molecule has 1 aliphatic carbocycles. The fourth-order valence-electron chi connectivity index (χ4n) is 3.80. The number of anilines is 2. The lowest BCUT2D eigenvalue weighted by Crippen LogP contribution is -2.37. The number of aryl methyl sites for hydroxylation is 1. The molecule has 3 rings (SSSR count). The standard InChI is InChI=1S/C22H30BrN5O/c1-14-13-24-22(27-20(14)28(3)4)26-19-11-7-17(8-12-19)21(29)25-15(2)16-5-9-18(23)10-6-16/h5-6,9-10,13,15,17,19H,7-8,11-12H2,1-4H3,(H,25,29)(H,24,26,27). The van der Waals surface area contributed by atoms with Crippen molar-refractivity contribution in [3.8, 4) is 0 Å². The number of carbonyl (C=O) groups excluding carboxylic acids is 1. The molecule has 0 saturated heterocycles. The van der Waals surface area contributed by atoms with Gasteiger partial charge in [-0.05, 0) is 57.2 Å². The molecule has 1 unspecified atom stereocenters. The average molecular weight is 460 g/mol. The van der Waals surface area contributed by atoms with E-state index in [0.29, 0.717) is 12.0 Å². The molecule has 1 fully saturated rings. The van der Waals surface area contributed by atoms with Crippen LogP contribution in [-0.4, -0.2) is 36.0 Å². The predicted octanol–water partition coefficient (Wildman–Crippen LogP) is 4.46. The van der Waals surface area contributed by atoms with Crippen LogP contribution in [0.5, 0.6) is 0 Å². The Labute approximate surface area is 181 Å². The fraction of sp³-hybridized carbons (Fsp3) is 0.500.